The molecule has 2 fully saturated rings. The van der Waals surface area contributed by atoms with Gasteiger partial charge >= 0.3 is 11.9 Å². The maximum Gasteiger partial charge on any atom is 0.338 e. The lowest BCUT2D eigenvalue weighted by molar-refractivity contribution is -0.147. The number of likely N-dealkylation sites (tertiary alicyclic amines) is 2. The Balaban J connectivity index is 1.51. The number of hydrogen-bond donors (Lipinski definition) is 2. The van der Waals surface area contributed by atoms with Crippen molar-refractivity contribution in [3.8, 4) is 0 Å². The van der Waals surface area contributed by atoms with Crippen LogP contribution in [0.2, 0.25) is 5.02 Å². The second-order valence-corrected chi connectivity index (χ2v) is 12.8. The summed E-state index contributed by atoms with van der Waals surface area (Å²) < 4.78 is 51.2. The van der Waals surface area contributed by atoms with Crippen LogP contribution in [-0.2, 0) is 14.3 Å². The number of carbonyl (C=O) groups is 2. The molecule has 232 valence electrons. The number of carboxylic acids is 1. The topological polar surface area (TPSA) is 107 Å². The molecule has 1 aromatic heterocycles. The van der Waals surface area contributed by atoms with E-state index in [9.17, 15) is 19.1 Å². The van der Waals surface area contributed by atoms with Crippen molar-refractivity contribution in [1.29, 1.82) is 0 Å². The molecule has 0 bridgehead atoms. The van der Waals surface area contributed by atoms with E-state index < -0.39 is 53.8 Å². The Hall–Kier alpha value is -3.00. The van der Waals surface area contributed by atoms with Gasteiger partial charge in [-0.05, 0) is 46.2 Å². The molecule has 0 radical (unpaired) electrons. The van der Waals surface area contributed by atoms with E-state index in [0.29, 0.717) is 29.5 Å². The van der Waals surface area contributed by atoms with E-state index in [1.165, 1.54) is 23.5 Å². The summed E-state index contributed by atoms with van der Waals surface area (Å²) in [6, 6.07) is 1.50. The van der Waals surface area contributed by atoms with Crippen molar-refractivity contribution in [3.05, 3.63) is 62.5 Å². The molecular formula is C29H33ClF3N5O4S. The molecule has 5 rings (SSSR count). The molecule has 3 aliphatic heterocycles. The summed E-state index contributed by atoms with van der Waals surface area (Å²) in [6.45, 7) is 4.86. The first-order valence-electron chi connectivity index (χ1n) is 14.0. The average Bonchev–Trinajstić information content (AvgIpc) is 3.68. The van der Waals surface area contributed by atoms with Gasteiger partial charge in [-0.25, -0.2) is 22.9 Å². The maximum absolute atomic E-state index is 15.6. The van der Waals surface area contributed by atoms with Crippen LogP contribution in [0.15, 0.2) is 46.0 Å². The van der Waals surface area contributed by atoms with Crippen LogP contribution in [-0.4, -0.2) is 88.5 Å². The predicted octanol–water partition coefficient (Wildman–Crippen LogP) is 4.74. The van der Waals surface area contributed by atoms with Gasteiger partial charge in [0.1, 0.15) is 11.9 Å². The molecule has 2 aromatic rings. The van der Waals surface area contributed by atoms with E-state index >= 15 is 8.78 Å². The minimum atomic E-state index is -3.08. The number of thiazole rings is 1. The molecule has 0 aliphatic carbocycles. The van der Waals surface area contributed by atoms with E-state index in [4.69, 9.17) is 21.3 Å². The highest BCUT2D eigenvalue weighted by molar-refractivity contribution is 7.11. The summed E-state index contributed by atoms with van der Waals surface area (Å²) >= 11 is 7.66. The van der Waals surface area contributed by atoms with Crippen LogP contribution in [0.4, 0.5) is 13.2 Å². The zero-order chi connectivity index (χ0) is 31.1. The number of nitrogens with zero attached hydrogens (tertiary/aromatic N) is 4. The summed E-state index contributed by atoms with van der Waals surface area (Å²) in [6.07, 6.45) is 2.26. The quantitative estimate of drug-likeness (QED) is 0.359. The van der Waals surface area contributed by atoms with Gasteiger partial charge in [-0.15, -0.1) is 11.3 Å². The van der Waals surface area contributed by atoms with Gasteiger partial charge in [0.05, 0.1) is 35.2 Å². The Kier molecular flexibility index (Phi) is 8.90. The molecule has 43 heavy (non-hydrogen) atoms. The standard InChI is InChI=1S/C29H33ClF3N5O4S/c1-4-42-26(39)20-18(35-24(25-34-10-13-43-25)36-22(20)16-6-5-7-17(31)21(16)30)14-38-15-29(32,33)23-19(38)8-11-37(23)12-9-28(2,3)27(40)41/h5-7,10,13,19,22-23H,4,8-9,11-12,14-15H2,1-3H3,(H,35,36)(H,40,41). The largest absolute Gasteiger partial charge is 0.481 e. The van der Waals surface area contributed by atoms with Gasteiger partial charge in [0.2, 0.25) is 0 Å². The van der Waals surface area contributed by atoms with Crippen molar-refractivity contribution in [3.63, 3.8) is 0 Å². The second kappa shape index (κ2) is 12.2. The van der Waals surface area contributed by atoms with Crippen molar-refractivity contribution < 1.29 is 32.6 Å². The van der Waals surface area contributed by atoms with Gasteiger partial charge in [0.15, 0.2) is 10.8 Å². The van der Waals surface area contributed by atoms with Crippen molar-refractivity contribution in [2.75, 3.05) is 32.8 Å². The monoisotopic (exact) mass is 639 g/mol. The predicted molar refractivity (Wildman–Crippen MR) is 156 cm³/mol. The van der Waals surface area contributed by atoms with Gasteiger partial charge in [-0.1, -0.05) is 23.7 Å². The van der Waals surface area contributed by atoms with Gasteiger partial charge in [0.25, 0.3) is 5.92 Å². The van der Waals surface area contributed by atoms with Crippen LogP contribution in [0, 0.1) is 11.2 Å². The van der Waals surface area contributed by atoms with Crippen LogP contribution in [0.5, 0.6) is 0 Å². The number of aliphatic carboxylic acids is 1. The minimum Gasteiger partial charge on any atom is -0.481 e. The van der Waals surface area contributed by atoms with Gasteiger partial charge < -0.3 is 15.2 Å². The molecule has 14 heteroatoms. The molecule has 2 saturated heterocycles. The summed E-state index contributed by atoms with van der Waals surface area (Å²) in [4.78, 5) is 37.4. The number of ether oxygens (including phenoxy) is 1. The Bertz CT molecular complexity index is 1450. The molecule has 3 aliphatic rings. The third-order valence-electron chi connectivity index (χ3n) is 8.28. The molecule has 2 N–H and O–H groups in total. The lowest BCUT2D eigenvalue weighted by atomic mass is 9.89. The fraction of sp³-hybridized carbons (Fsp3) is 0.517. The molecule has 1 aromatic carbocycles. The van der Waals surface area contributed by atoms with Gasteiger partial charge in [-0.3, -0.25) is 19.6 Å². The number of esters is 1. The second-order valence-electron chi connectivity index (χ2n) is 11.5. The van der Waals surface area contributed by atoms with Crippen LogP contribution in [0.3, 0.4) is 0 Å². The lowest BCUT2D eigenvalue weighted by Crippen LogP contribution is -2.46. The molecule has 3 atom stereocenters. The van der Waals surface area contributed by atoms with Crippen LogP contribution in [0.25, 0.3) is 0 Å². The number of hydrogen-bond acceptors (Lipinski definition) is 9. The molecule has 9 nitrogen and oxygen atoms in total. The zero-order valence-electron chi connectivity index (χ0n) is 23.9. The lowest BCUT2D eigenvalue weighted by Gasteiger charge is -2.31. The van der Waals surface area contributed by atoms with Crippen molar-refractivity contribution >= 4 is 40.7 Å². The first kappa shape index (κ1) is 31.4. The van der Waals surface area contributed by atoms with E-state index in [0.717, 1.165) is 0 Å². The Morgan fingerprint density at radius 1 is 1.30 bits per heavy atom. The van der Waals surface area contributed by atoms with E-state index in [-0.39, 0.29) is 42.3 Å². The molecule has 0 saturated carbocycles. The molecule has 0 spiro atoms. The SMILES string of the molecule is CCOC(=O)C1=C(CN2CC(F)(F)C3C2CCN3CCC(C)(C)C(=O)O)NC(c2nccs2)=NC1c1cccc(F)c1Cl. The van der Waals surface area contributed by atoms with Crippen molar-refractivity contribution in [2.24, 2.45) is 10.4 Å². The first-order chi connectivity index (χ1) is 20.3. The fourth-order valence-corrected chi connectivity index (χ4v) is 6.80. The molecular weight excluding hydrogens is 607 g/mol. The minimum absolute atomic E-state index is 0.0520. The number of alkyl halides is 2. The Morgan fingerprint density at radius 2 is 2.07 bits per heavy atom. The van der Waals surface area contributed by atoms with Crippen molar-refractivity contribution in [1.82, 2.24) is 20.1 Å². The summed E-state index contributed by atoms with van der Waals surface area (Å²) in [7, 11) is 0. The van der Waals surface area contributed by atoms with Crippen molar-refractivity contribution in [2.45, 2.75) is 57.7 Å². The number of benzene rings is 1. The van der Waals surface area contributed by atoms with Crippen LogP contribution in [0.1, 0.15) is 50.2 Å². The Labute approximate surface area is 256 Å². The van der Waals surface area contributed by atoms with Gasteiger partial charge in [-0.2, -0.15) is 0 Å². The van der Waals surface area contributed by atoms with E-state index in [2.05, 4.69) is 10.3 Å². The first-order valence-corrected chi connectivity index (χ1v) is 15.3. The smallest absolute Gasteiger partial charge is 0.338 e. The highest BCUT2D eigenvalue weighted by atomic mass is 35.5. The number of carboxylic acid groups (broad SMARTS) is 1. The number of fused-ring (bicyclic) bond motifs is 1. The number of amidine groups is 1. The Morgan fingerprint density at radius 3 is 2.74 bits per heavy atom. The highest BCUT2D eigenvalue weighted by Gasteiger charge is 2.59. The van der Waals surface area contributed by atoms with Gasteiger partial charge in [0, 0.05) is 42.0 Å². The summed E-state index contributed by atoms with van der Waals surface area (Å²) in [5.74, 6) is -5.16. The van der Waals surface area contributed by atoms with E-state index in [1.807, 2.05) is 0 Å². The maximum atomic E-state index is 15.6. The number of rotatable bonds is 10. The number of carbonyl (C=O) groups excluding carboxylic acids is 1. The summed E-state index contributed by atoms with van der Waals surface area (Å²) in [5, 5.41) is 14.7. The van der Waals surface area contributed by atoms with Crippen LogP contribution >= 0.6 is 22.9 Å². The number of aliphatic imine (C=N–C) groups is 1. The number of nitrogens with one attached hydrogen (secondary N) is 1. The van der Waals surface area contributed by atoms with E-state index in [1.54, 1.807) is 48.2 Å². The van der Waals surface area contributed by atoms with Crippen LogP contribution < -0.4 is 5.32 Å². The normalized spacial score (nSPS) is 24.1. The molecule has 3 unspecified atom stereocenters. The molecule has 4 heterocycles. The fourth-order valence-electron chi connectivity index (χ4n) is 5.98. The molecule has 0 amide bonds. The zero-order valence-corrected chi connectivity index (χ0v) is 25.5. The number of halogens is 4. The third kappa shape index (κ3) is 6.17. The average molecular weight is 640 g/mol. The summed E-state index contributed by atoms with van der Waals surface area (Å²) in [5.41, 5.74) is -0.462. The third-order valence-corrected chi connectivity index (χ3v) is 9.46. The highest BCUT2D eigenvalue weighted by Crippen LogP contribution is 2.43. The number of aromatic nitrogens is 1.